The average Bonchev–Trinajstić information content (AvgIpc) is 3.47. The number of carbonyl (C=O) groups excluding carboxylic acids is 1. The Hall–Kier alpha value is -2.38. The monoisotopic (exact) mass is 423 g/mol. The van der Waals surface area contributed by atoms with Crippen LogP contribution in [0.15, 0.2) is 42.6 Å². The summed E-state index contributed by atoms with van der Waals surface area (Å²) in [6.07, 6.45) is 3.28. The maximum Gasteiger partial charge on any atom is 0.496 e. The van der Waals surface area contributed by atoms with Gasteiger partial charge in [0, 0.05) is 17.7 Å². The van der Waals surface area contributed by atoms with Crippen LogP contribution in [0.1, 0.15) is 51.7 Å². The first-order valence-corrected chi connectivity index (χ1v) is 10.8. The van der Waals surface area contributed by atoms with Crippen LogP contribution in [0, 0.1) is 12.3 Å². The van der Waals surface area contributed by atoms with Gasteiger partial charge in [-0.05, 0) is 58.6 Å². The van der Waals surface area contributed by atoms with E-state index in [1.54, 1.807) is 6.20 Å². The molecular formula is C24H30BNO5. The Morgan fingerprint density at radius 3 is 2.32 bits per heavy atom. The van der Waals surface area contributed by atoms with E-state index in [2.05, 4.69) is 4.98 Å². The Balaban J connectivity index is 1.35. The molecule has 1 aromatic carbocycles. The average molecular weight is 423 g/mol. The molecule has 6 nitrogen and oxygen atoms in total. The Bertz CT molecular complexity index is 940. The van der Waals surface area contributed by atoms with E-state index in [4.69, 9.17) is 18.8 Å². The number of aromatic nitrogens is 1. The molecule has 1 aliphatic carbocycles. The van der Waals surface area contributed by atoms with Gasteiger partial charge in [-0.15, -0.1) is 0 Å². The first-order chi connectivity index (χ1) is 14.6. The van der Waals surface area contributed by atoms with Crippen molar-refractivity contribution in [2.75, 3.05) is 6.61 Å². The van der Waals surface area contributed by atoms with Gasteiger partial charge in [-0.25, -0.2) is 4.98 Å². The fourth-order valence-electron chi connectivity index (χ4n) is 3.48. The van der Waals surface area contributed by atoms with E-state index in [9.17, 15) is 4.79 Å². The summed E-state index contributed by atoms with van der Waals surface area (Å²) in [5.41, 5.74) is 1.46. The van der Waals surface area contributed by atoms with Crippen molar-refractivity contribution in [1.29, 1.82) is 0 Å². The van der Waals surface area contributed by atoms with Crippen molar-refractivity contribution in [3.8, 4) is 5.88 Å². The number of nitrogens with zero attached hydrogens (tertiary/aromatic N) is 1. The summed E-state index contributed by atoms with van der Waals surface area (Å²) in [6.45, 7) is 10.6. The van der Waals surface area contributed by atoms with Crippen LogP contribution in [0.2, 0.25) is 0 Å². The molecule has 1 saturated carbocycles. The number of hydrogen-bond donors (Lipinski definition) is 0. The SMILES string of the molecule is Cc1cc(OCC2(C(=O)OCc3ccccc3)CC2)ncc1B1OC(C)(C)C(C)(C)O1. The molecule has 1 saturated heterocycles. The van der Waals surface area contributed by atoms with Gasteiger partial charge in [-0.3, -0.25) is 4.79 Å². The van der Waals surface area contributed by atoms with E-state index >= 15 is 0 Å². The van der Waals surface area contributed by atoms with Crippen LogP contribution in [-0.4, -0.2) is 35.9 Å². The van der Waals surface area contributed by atoms with E-state index in [0.29, 0.717) is 5.88 Å². The molecule has 31 heavy (non-hydrogen) atoms. The van der Waals surface area contributed by atoms with E-state index in [1.807, 2.05) is 71.0 Å². The first kappa shape index (κ1) is 21.8. The molecule has 0 radical (unpaired) electrons. The van der Waals surface area contributed by atoms with Crippen LogP contribution in [0.5, 0.6) is 5.88 Å². The minimum Gasteiger partial charge on any atom is -0.476 e. The highest BCUT2D eigenvalue weighted by molar-refractivity contribution is 6.62. The number of hydrogen-bond acceptors (Lipinski definition) is 6. The minimum atomic E-state index is -0.561. The van der Waals surface area contributed by atoms with Crippen LogP contribution in [0.3, 0.4) is 0 Å². The summed E-state index contributed by atoms with van der Waals surface area (Å²) in [5.74, 6) is 0.279. The number of rotatable bonds is 7. The predicted molar refractivity (Wildman–Crippen MR) is 118 cm³/mol. The maximum atomic E-state index is 12.6. The van der Waals surface area contributed by atoms with Gasteiger partial charge in [-0.2, -0.15) is 0 Å². The molecule has 0 unspecified atom stereocenters. The standard InChI is InChI=1S/C24H30BNO5/c1-17-13-20(26-14-19(17)25-30-22(2,3)23(4,5)31-25)29-16-24(11-12-24)21(27)28-15-18-9-7-6-8-10-18/h6-10,13-14H,11-12,15-16H2,1-5H3. The van der Waals surface area contributed by atoms with E-state index < -0.39 is 23.7 Å². The van der Waals surface area contributed by atoms with Gasteiger partial charge in [0.2, 0.25) is 5.88 Å². The highest BCUT2D eigenvalue weighted by Crippen LogP contribution is 2.47. The zero-order valence-electron chi connectivity index (χ0n) is 18.9. The highest BCUT2D eigenvalue weighted by atomic mass is 16.7. The Morgan fingerprint density at radius 1 is 1.10 bits per heavy atom. The fraction of sp³-hybridized carbons (Fsp3) is 0.500. The van der Waals surface area contributed by atoms with Crippen molar-refractivity contribution in [1.82, 2.24) is 4.98 Å². The third-order valence-corrected chi connectivity index (χ3v) is 6.63. The highest BCUT2D eigenvalue weighted by Gasteiger charge is 2.53. The van der Waals surface area contributed by atoms with Crippen LogP contribution in [0.25, 0.3) is 0 Å². The second kappa shape index (κ2) is 7.95. The molecule has 0 amide bonds. The lowest BCUT2D eigenvalue weighted by molar-refractivity contribution is -0.152. The summed E-state index contributed by atoms with van der Waals surface area (Å²) in [6, 6.07) is 11.6. The second-order valence-electron chi connectivity index (χ2n) is 9.60. The van der Waals surface area contributed by atoms with E-state index in [0.717, 1.165) is 29.4 Å². The van der Waals surface area contributed by atoms with Crippen molar-refractivity contribution >= 4 is 18.6 Å². The quantitative estimate of drug-likeness (QED) is 0.501. The molecule has 7 heteroatoms. The molecular weight excluding hydrogens is 393 g/mol. The van der Waals surface area contributed by atoms with Crippen molar-refractivity contribution in [3.05, 3.63) is 53.7 Å². The zero-order chi connectivity index (χ0) is 22.3. The summed E-state index contributed by atoms with van der Waals surface area (Å²) in [5, 5.41) is 0. The molecule has 0 spiro atoms. The largest absolute Gasteiger partial charge is 0.496 e. The van der Waals surface area contributed by atoms with Crippen LogP contribution in [0.4, 0.5) is 0 Å². The Morgan fingerprint density at radius 2 is 1.74 bits per heavy atom. The molecule has 1 aromatic heterocycles. The fourth-order valence-corrected chi connectivity index (χ4v) is 3.48. The Kier molecular flexibility index (Phi) is 5.60. The first-order valence-electron chi connectivity index (χ1n) is 10.8. The lowest BCUT2D eigenvalue weighted by atomic mass is 9.77. The minimum absolute atomic E-state index is 0.207. The van der Waals surface area contributed by atoms with Crippen molar-refractivity contribution < 1.29 is 23.6 Å². The summed E-state index contributed by atoms with van der Waals surface area (Å²) < 4.78 is 23.7. The van der Waals surface area contributed by atoms with Crippen molar-refractivity contribution in [2.24, 2.45) is 5.41 Å². The van der Waals surface area contributed by atoms with Crippen molar-refractivity contribution in [3.63, 3.8) is 0 Å². The van der Waals surface area contributed by atoms with Crippen LogP contribution < -0.4 is 10.2 Å². The van der Waals surface area contributed by atoms with Crippen molar-refractivity contribution in [2.45, 2.75) is 65.3 Å². The van der Waals surface area contributed by atoms with Gasteiger partial charge in [0.1, 0.15) is 18.6 Å². The molecule has 4 rings (SSSR count). The van der Waals surface area contributed by atoms with Gasteiger partial charge >= 0.3 is 13.1 Å². The molecule has 0 atom stereocenters. The number of pyridine rings is 1. The van der Waals surface area contributed by atoms with E-state index in [1.165, 1.54) is 0 Å². The zero-order valence-corrected chi connectivity index (χ0v) is 18.9. The molecule has 0 bridgehead atoms. The lowest BCUT2D eigenvalue weighted by Gasteiger charge is -2.32. The number of ether oxygens (including phenoxy) is 2. The third kappa shape index (κ3) is 4.48. The molecule has 1 aliphatic heterocycles. The van der Waals surface area contributed by atoms with Gasteiger partial charge < -0.3 is 18.8 Å². The predicted octanol–water partition coefficient (Wildman–Crippen LogP) is 3.59. The third-order valence-electron chi connectivity index (χ3n) is 6.63. The summed E-state index contributed by atoms with van der Waals surface area (Å²) in [4.78, 5) is 17.0. The smallest absolute Gasteiger partial charge is 0.476 e. The molecule has 2 heterocycles. The number of carbonyl (C=O) groups is 1. The molecule has 0 N–H and O–H groups in total. The normalized spacial score (nSPS) is 20.4. The summed E-state index contributed by atoms with van der Waals surface area (Å²) >= 11 is 0. The van der Waals surface area contributed by atoms with Crippen LogP contribution >= 0.6 is 0 Å². The van der Waals surface area contributed by atoms with Gasteiger partial charge in [-0.1, -0.05) is 30.3 Å². The van der Waals surface area contributed by atoms with Gasteiger partial charge in [0.15, 0.2) is 0 Å². The molecule has 2 aromatic rings. The van der Waals surface area contributed by atoms with Crippen LogP contribution in [-0.2, 0) is 25.4 Å². The molecule has 2 fully saturated rings. The number of benzene rings is 1. The number of aryl methyl sites for hydroxylation is 1. The number of esters is 1. The molecule has 2 aliphatic rings. The van der Waals surface area contributed by atoms with Gasteiger partial charge in [0.05, 0.1) is 11.2 Å². The summed E-state index contributed by atoms with van der Waals surface area (Å²) in [7, 11) is -0.464. The van der Waals surface area contributed by atoms with Gasteiger partial charge in [0.25, 0.3) is 0 Å². The Labute approximate surface area is 184 Å². The maximum absolute atomic E-state index is 12.6. The topological polar surface area (TPSA) is 66.9 Å². The second-order valence-corrected chi connectivity index (χ2v) is 9.60. The van der Waals surface area contributed by atoms with E-state index in [-0.39, 0.29) is 19.2 Å². The lowest BCUT2D eigenvalue weighted by Crippen LogP contribution is -2.41. The molecule has 164 valence electrons.